The molecule has 1 unspecified atom stereocenters. The van der Waals surface area contributed by atoms with Gasteiger partial charge in [0, 0.05) is 6.42 Å². The summed E-state index contributed by atoms with van der Waals surface area (Å²) in [6.07, 6.45) is 0.258. The van der Waals surface area contributed by atoms with Crippen molar-refractivity contribution in [1.29, 1.82) is 0 Å². The van der Waals surface area contributed by atoms with Gasteiger partial charge in [0.05, 0.1) is 10.2 Å². The minimum absolute atomic E-state index is 0.202. The third kappa shape index (κ3) is 2.80. The van der Waals surface area contributed by atoms with Crippen LogP contribution in [0.15, 0.2) is 59.8 Å². The van der Waals surface area contributed by atoms with Crippen LogP contribution in [0.5, 0.6) is 0 Å². The number of rotatable bonds is 3. The van der Waals surface area contributed by atoms with Crippen LogP contribution in [-0.2, 0) is 9.63 Å². The van der Waals surface area contributed by atoms with Gasteiger partial charge in [-0.25, -0.2) is 4.98 Å². The van der Waals surface area contributed by atoms with Crippen molar-refractivity contribution in [3.05, 3.63) is 60.2 Å². The van der Waals surface area contributed by atoms with Crippen molar-refractivity contribution in [2.75, 3.05) is 5.32 Å². The first-order valence-corrected chi connectivity index (χ1v) is 8.06. The van der Waals surface area contributed by atoms with E-state index in [1.165, 1.54) is 11.3 Å². The van der Waals surface area contributed by atoms with Gasteiger partial charge in [0.25, 0.3) is 5.91 Å². The zero-order valence-electron chi connectivity index (χ0n) is 12.1. The fourth-order valence-electron chi connectivity index (χ4n) is 2.45. The Morgan fingerprint density at radius 1 is 1.13 bits per heavy atom. The number of aromatic nitrogens is 1. The average Bonchev–Trinajstić information content (AvgIpc) is 3.22. The van der Waals surface area contributed by atoms with Crippen molar-refractivity contribution in [2.24, 2.45) is 5.16 Å². The molecule has 1 aromatic heterocycles. The highest BCUT2D eigenvalue weighted by Crippen LogP contribution is 2.29. The second-order valence-electron chi connectivity index (χ2n) is 5.19. The molecule has 1 amide bonds. The lowest BCUT2D eigenvalue weighted by atomic mass is 10.0. The smallest absolute Gasteiger partial charge is 0.275 e. The third-order valence-electron chi connectivity index (χ3n) is 3.62. The van der Waals surface area contributed by atoms with Gasteiger partial charge >= 0.3 is 0 Å². The van der Waals surface area contributed by atoms with Gasteiger partial charge in [0.15, 0.2) is 11.2 Å². The number of benzene rings is 2. The van der Waals surface area contributed by atoms with Crippen LogP contribution in [0.1, 0.15) is 18.1 Å². The van der Waals surface area contributed by atoms with E-state index in [9.17, 15) is 4.79 Å². The van der Waals surface area contributed by atoms with E-state index in [-0.39, 0.29) is 12.0 Å². The maximum Gasteiger partial charge on any atom is 0.275 e. The molecule has 5 nitrogen and oxygen atoms in total. The van der Waals surface area contributed by atoms with Gasteiger partial charge in [-0.1, -0.05) is 59.0 Å². The molecule has 1 atom stereocenters. The summed E-state index contributed by atoms with van der Waals surface area (Å²) >= 11 is 1.44. The average molecular weight is 323 g/mol. The van der Waals surface area contributed by atoms with Crippen molar-refractivity contribution in [3.63, 3.8) is 0 Å². The topological polar surface area (TPSA) is 63.6 Å². The molecule has 0 aliphatic carbocycles. The first-order chi connectivity index (χ1) is 11.3. The maximum absolute atomic E-state index is 12.3. The Morgan fingerprint density at radius 2 is 1.91 bits per heavy atom. The molecule has 3 aromatic rings. The molecule has 1 N–H and O–H groups in total. The van der Waals surface area contributed by atoms with E-state index >= 15 is 0 Å². The highest BCUT2D eigenvalue weighted by atomic mass is 32.1. The molecule has 0 radical (unpaired) electrons. The Hall–Kier alpha value is -2.73. The number of carbonyl (C=O) groups excluding carboxylic acids is 1. The summed E-state index contributed by atoms with van der Waals surface area (Å²) in [6.45, 7) is 0. The van der Waals surface area contributed by atoms with Crippen LogP contribution in [0.25, 0.3) is 10.2 Å². The number of oxime groups is 1. The van der Waals surface area contributed by atoms with Crippen molar-refractivity contribution in [3.8, 4) is 0 Å². The molecule has 1 aliphatic heterocycles. The number of anilines is 1. The van der Waals surface area contributed by atoms with E-state index in [4.69, 9.17) is 4.84 Å². The number of nitrogens with zero attached hydrogens (tertiary/aromatic N) is 2. The van der Waals surface area contributed by atoms with Crippen LogP contribution in [-0.4, -0.2) is 16.6 Å². The van der Waals surface area contributed by atoms with Crippen LogP contribution in [0.3, 0.4) is 0 Å². The normalized spacial score (nSPS) is 16.9. The highest BCUT2D eigenvalue weighted by Gasteiger charge is 2.27. The fraction of sp³-hybridized carbons (Fsp3) is 0.118. The van der Waals surface area contributed by atoms with Gasteiger partial charge in [-0.3, -0.25) is 10.1 Å². The molecule has 2 aromatic carbocycles. The minimum Gasteiger partial charge on any atom is -0.387 e. The fourth-order valence-corrected chi connectivity index (χ4v) is 3.31. The van der Waals surface area contributed by atoms with E-state index < -0.39 is 0 Å². The lowest BCUT2D eigenvalue weighted by molar-refractivity contribution is -0.110. The van der Waals surface area contributed by atoms with Crippen LogP contribution < -0.4 is 5.32 Å². The number of hydrogen-bond acceptors (Lipinski definition) is 5. The number of amides is 1. The lowest BCUT2D eigenvalue weighted by Gasteiger charge is -2.07. The Morgan fingerprint density at radius 3 is 2.74 bits per heavy atom. The number of carbonyl (C=O) groups is 1. The molecule has 1 aliphatic rings. The Balaban J connectivity index is 1.45. The summed E-state index contributed by atoms with van der Waals surface area (Å²) in [4.78, 5) is 22.1. The standard InChI is InChI=1S/C17H13N3O2S/c21-16(19-17-18-12-8-4-5-9-15(12)23-17)13-10-14(22-20-13)11-6-2-1-3-7-11/h1-9,14H,10H2,(H,18,19,21). The van der Waals surface area contributed by atoms with Crippen LogP contribution >= 0.6 is 11.3 Å². The van der Waals surface area contributed by atoms with Crippen LogP contribution in [0.2, 0.25) is 0 Å². The van der Waals surface area contributed by atoms with E-state index in [0.29, 0.717) is 17.3 Å². The molecular formula is C17H13N3O2S. The molecule has 6 heteroatoms. The van der Waals surface area contributed by atoms with Crippen LogP contribution in [0.4, 0.5) is 5.13 Å². The predicted molar refractivity (Wildman–Crippen MR) is 90.6 cm³/mol. The Labute approximate surface area is 136 Å². The van der Waals surface area contributed by atoms with E-state index in [0.717, 1.165) is 15.8 Å². The van der Waals surface area contributed by atoms with E-state index in [2.05, 4.69) is 15.5 Å². The SMILES string of the molecule is O=C(Nc1nc2ccccc2s1)C1=NOC(c2ccccc2)C1. The van der Waals surface area contributed by atoms with E-state index in [1.807, 2.05) is 54.6 Å². The maximum atomic E-state index is 12.3. The number of hydrogen-bond donors (Lipinski definition) is 1. The van der Waals surface area contributed by atoms with Gasteiger partial charge in [0.2, 0.25) is 0 Å². The zero-order chi connectivity index (χ0) is 15.6. The summed E-state index contributed by atoms with van der Waals surface area (Å²) in [5.74, 6) is -0.262. The molecule has 2 heterocycles. The van der Waals surface area contributed by atoms with Gasteiger partial charge in [-0.2, -0.15) is 0 Å². The van der Waals surface area contributed by atoms with Crippen molar-refractivity contribution >= 4 is 38.3 Å². The van der Waals surface area contributed by atoms with Crippen LogP contribution in [0, 0.1) is 0 Å². The first-order valence-electron chi connectivity index (χ1n) is 7.24. The molecule has 4 rings (SSSR count). The lowest BCUT2D eigenvalue weighted by Crippen LogP contribution is -2.21. The number of fused-ring (bicyclic) bond motifs is 1. The molecular weight excluding hydrogens is 310 g/mol. The molecule has 23 heavy (non-hydrogen) atoms. The summed E-state index contributed by atoms with van der Waals surface area (Å²) < 4.78 is 1.04. The monoisotopic (exact) mass is 323 g/mol. The summed E-state index contributed by atoms with van der Waals surface area (Å²) in [6, 6.07) is 17.5. The summed E-state index contributed by atoms with van der Waals surface area (Å²) in [5, 5.41) is 7.30. The molecule has 0 saturated heterocycles. The second kappa shape index (κ2) is 5.81. The predicted octanol–water partition coefficient (Wildman–Crippen LogP) is 3.75. The van der Waals surface area contributed by atoms with Gasteiger partial charge in [-0.05, 0) is 17.7 Å². The van der Waals surface area contributed by atoms with Gasteiger partial charge in [0.1, 0.15) is 5.71 Å². The molecule has 0 fully saturated rings. The highest BCUT2D eigenvalue weighted by molar-refractivity contribution is 7.22. The number of para-hydroxylation sites is 1. The second-order valence-corrected chi connectivity index (χ2v) is 6.22. The number of nitrogens with one attached hydrogen (secondary N) is 1. The zero-order valence-corrected chi connectivity index (χ0v) is 12.9. The van der Waals surface area contributed by atoms with Crippen molar-refractivity contribution < 1.29 is 9.63 Å². The van der Waals surface area contributed by atoms with Crippen molar-refractivity contribution in [2.45, 2.75) is 12.5 Å². The van der Waals surface area contributed by atoms with Gasteiger partial charge < -0.3 is 4.84 Å². The Kier molecular flexibility index (Phi) is 3.51. The van der Waals surface area contributed by atoms with E-state index in [1.54, 1.807) is 0 Å². The largest absolute Gasteiger partial charge is 0.387 e. The van der Waals surface area contributed by atoms with Crippen molar-refractivity contribution in [1.82, 2.24) is 4.98 Å². The summed E-state index contributed by atoms with van der Waals surface area (Å²) in [5.41, 5.74) is 2.27. The van der Waals surface area contributed by atoms with Gasteiger partial charge in [-0.15, -0.1) is 0 Å². The Bertz CT molecular complexity index is 856. The molecule has 114 valence electrons. The first kappa shape index (κ1) is 13.9. The molecule has 0 bridgehead atoms. The quantitative estimate of drug-likeness (QED) is 0.798. The minimum atomic E-state index is -0.262. The molecule has 0 saturated carbocycles. The third-order valence-corrected chi connectivity index (χ3v) is 4.57. The number of thiazole rings is 1. The summed E-state index contributed by atoms with van der Waals surface area (Å²) in [7, 11) is 0. The molecule has 0 spiro atoms.